The van der Waals surface area contributed by atoms with Crippen LogP contribution in [-0.2, 0) is 20.9 Å². The number of carbonyl (C=O) groups is 2. The number of methoxy groups -OCH3 is 1. The molecule has 0 unspecified atom stereocenters. The van der Waals surface area contributed by atoms with Gasteiger partial charge in [-0.1, -0.05) is 23.7 Å². The molecule has 0 fully saturated rings. The van der Waals surface area contributed by atoms with Gasteiger partial charge in [-0.05, 0) is 62.7 Å². The average molecular weight is 406 g/mol. The summed E-state index contributed by atoms with van der Waals surface area (Å²) in [5.74, 6) is 0.171. The van der Waals surface area contributed by atoms with Gasteiger partial charge in [0.2, 0.25) is 0 Å². The zero-order valence-electron chi connectivity index (χ0n) is 16.3. The lowest BCUT2D eigenvalue weighted by atomic mass is 10.1. The van der Waals surface area contributed by atoms with Crippen LogP contribution in [0.4, 0.5) is 0 Å². The van der Waals surface area contributed by atoms with Gasteiger partial charge in [0.05, 0.1) is 7.11 Å². The second-order valence-corrected chi connectivity index (χ2v) is 7.12. The normalized spacial score (nSPS) is 12.0. The van der Waals surface area contributed by atoms with Crippen molar-refractivity contribution in [2.45, 2.75) is 39.0 Å². The Kier molecular flexibility index (Phi) is 7.29. The van der Waals surface area contributed by atoms with Crippen LogP contribution < -0.4 is 14.8 Å². The quantitative estimate of drug-likeness (QED) is 0.677. The molecule has 0 saturated heterocycles. The van der Waals surface area contributed by atoms with Crippen LogP contribution in [0.15, 0.2) is 48.5 Å². The Morgan fingerprint density at radius 3 is 2.18 bits per heavy atom. The molecule has 7 heteroatoms. The van der Waals surface area contributed by atoms with Gasteiger partial charge in [0.1, 0.15) is 11.5 Å². The summed E-state index contributed by atoms with van der Waals surface area (Å²) in [6.45, 7) is 4.98. The molecule has 0 saturated carbocycles. The van der Waals surface area contributed by atoms with Crippen molar-refractivity contribution in [2.75, 3.05) is 7.11 Å². The lowest BCUT2D eigenvalue weighted by Gasteiger charge is -2.26. The number of halogens is 1. The van der Waals surface area contributed by atoms with Crippen molar-refractivity contribution in [3.63, 3.8) is 0 Å². The molecule has 150 valence electrons. The van der Waals surface area contributed by atoms with Crippen LogP contribution in [0, 0.1) is 0 Å². The zero-order chi connectivity index (χ0) is 20.7. The third kappa shape index (κ3) is 6.16. The maximum atomic E-state index is 12.4. The van der Waals surface area contributed by atoms with Crippen LogP contribution in [0.3, 0.4) is 0 Å². The summed E-state index contributed by atoms with van der Waals surface area (Å²) in [6.07, 6.45) is -0.959. The summed E-state index contributed by atoms with van der Waals surface area (Å²) < 4.78 is 16.0. The van der Waals surface area contributed by atoms with Gasteiger partial charge >= 0.3 is 5.97 Å². The van der Waals surface area contributed by atoms with Gasteiger partial charge in [-0.25, -0.2) is 4.79 Å². The van der Waals surface area contributed by atoms with Crippen molar-refractivity contribution in [2.24, 2.45) is 0 Å². The molecule has 0 bridgehead atoms. The number of hydrogen-bond acceptors (Lipinski definition) is 5. The van der Waals surface area contributed by atoms with E-state index in [1.807, 2.05) is 24.3 Å². The van der Waals surface area contributed by atoms with E-state index in [4.69, 9.17) is 25.8 Å². The summed E-state index contributed by atoms with van der Waals surface area (Å²) in [7, 11) is 1.59. The van der Waals surface area contributed by atoms with E-state index in [2.05, 4.69) is 5.32 Å². The molecule has 1 N–H and O–H groups in total. The van der Waals surface area contributed by atoms with Gasteiger partial charge < -0.3 is 19.5 Å². The van der Waals surface area contributed by atoms with E-state index in [0.29, 0.717) is 17.3 Å². The van der Waals surface area contributed by atoms with Crippen molar-refractivity contribution in [1.82, 2.24) is 5.32 Å². The fraction of sp³-hybridized carbons (Fsp3) is 0.333. The molecular weight excluding hydrogens is 382 g/mol. The number of esters is 1. The first-order chi connectivity index (χ1) is 13.2. The molecule has 2 aromatic carbocycles. The maximum Gasteiger partial charge on any atom is 0.350 e. The van der Waals surface area contributed by atoms with E-state index < -0.39 is 23.6 Å². The first-order valence-corrected chi connectivity index (χ1v) is 9.15. The number of amides is 1. The highest BCUT2D eigenvalue weighted by molar-refractivity contribution is 6.30. The summed E-state index contributed by atoms with van der Waals surface area (Å²) in [6, 6.07) is 13.9. The SMILES string of the molecule is COc1ccc(CNC(=O)[C@H](C)OC(=O)C(C)(C)Oc2ccc(Cl)cc2)cc1. The molecule has 6 nitrogen and oxygen atoms in total. The average Bonchev–Trinajstić information content (AvgIpc) is 2.68. The summed E-state index contributed by atoms with van der Waals surface area (Å²) in [5, 5.41) is 3.30. The molecule has 2 aromatic rings. The van der Waals surface area contributed by atoms with Crippen LogP contribution in [0.25, 0.3) is 0 Å². The van der Waals surface area contributed by atoms with Gasteiger partial charge in [-0.2, -0.15) is 0 Å². The number of rotatable bonds is 8. The van der Waals surface area contributed by atoms with Crippen LogP contribution in [-0.4, -0.2) is 30.7 Å². The van der Waals surface area contributed by atoms with Crippen molar-refractivity contribution in [1.29, 1.82) is 0 Å². The van der Waals surface area contributed by atoms with Crippen molar-refractivity contribution in [3.8, 4) is 11.5 Å². The minimum atomic E-state index is -1.27. The molecule has 0 aliphatic heterocycles. The molecule has 1 amide bonds. The Balaban J connectivity index is 1.86. The Hall–Kier alpha value is -2.73. The molecule has 0 radical (unpaired) electrons. The number of carbonyl (C=O) groups excluding carboxylic acids is 2. The first-order valence-electron chi connectivity index (χ1n) is 8.77. The molecule has 0 heterocycles. The van der Waals surface area contributed by atoms with E-state index in [-0.39, 0.29) is 0 Å². The Bertz CT molecular complexity index is 803. The van der Waals surface area contributed by atoms with Crippen molar-refractivity contribution in [3.05, 3.63) is 59.1 Å². The summed E-state index contributed by atoms with van der Waals surface area (Å²) >= 11 is 5.84. The van der Waals surface area contributed by atoms with E-state index in [0.717, 1.165) is 11.3 Å². The highest BCUT2D eigenvalue weighted by Crippen LogP contribution is 2.22. The van der Waals surface area contributed by atoms with Gasteiger partial charge in [-0.15, -0.1) is 0 Å². The smallest absolute Gasteiger partial charge is 0.350 e. The van der Waals surface area contributed by atoms with E-state index in [1.54, 1.807) is 45.2 Å². The largest absolute Gasteiger partial charge is 0.497 e. The number of nitrogens with one attached hydrogen (secondary N) is 1. The fourth-order valence-electron chi connectivity index (χ4n) is 2.27. The molecule has 0 aliphatic carbocycles. The Morgan fingerprint density at radius 1 is 1.04 bits per heavy atom. The van der Waals surface area contributed by atoms with Crippen molar-refractivity contribution < 1.29 is 23.8 Å². The molecule has 0 aliphatic rings. The van der Waals surface area contributed by atoms with Crippen LogP contribution in [0.2, 0.25) is 5.02 Å². The summed E-state index contributed by atoms with van der Waals surface area (Å²) in [4.78, 5) is 24.7. The molecular formula is C21H24ClNO5. The lowest BCUT2D eigenvalue weighted by molar-refractivity contribution is -0.167. The molecule has 2 rings (SSSR count). The monoisotopic (exact) mass is 405 g/mol. The van der Waals surface area contributed by atoms with Crippen LogP contribution in [0.5, 0.6) is 11.5 Å². The van der Waals surface area contributed by atoms with E-state index in [1.165, 1.54) is 6.92 Å². The van der Waals surface area contributed by atoms with E-state index >= 15 is 0 Å². The predicted molar refractivity (Wildman–Crippen MR) is 107 cm³/mol. The maximum absolute atomic E-state index is 12.4. The third-order valence-electron chi connectivity index (χ3n) is 3.96. The van der Waals surface area contributed by atoms with Gasteiger partial charge in [0.25, 0.3) is 5.91 Å². The molecule has 1 atom stereocenters. The zero-order valence-corrected chi connectivity index (χ0v) is 17.1. The predicted octanol–water partition coefficient (Wildman–Crippen LogP) is 3.75. The minimum Gasteiger partial charge on any atom is -0.497 e. The van der Waals surface area contributed by atoms with Gasteiger partial charge in [0, 0.05) is 11.6 Å². The second kappa shape index (κ2) is 9.46. The lowest BCUT2D eigenvalue weighted by Crippen LogP contribution is -2.44. The first kappa shape index (κ1) is 21.6. The van der Waals surface area contributed by atoms with Gasteiger partial charge in [-0.3, -0.25) is 4.79 Å². The minimum absolute atomic E-state index is 0.315. The molecule has 28 heavy (non-hydrogen) atoms. The summed E-state index contributed by atoms with van der Waals surface area (Å²) in [5.41, 5.74) is -0.364. The molecule has 0 spiro atoms. The fourth-order valence-corrected chi connectivity index (χ4v) is 2.40. The third-order valence-corrected chi connectivity index (χ3v) is 4.21. The van der Waals surface area contributed by atoms with Crippen LogP contribution >= 0.6 is 11.6 Å². The topological polar surface area (TPSA) is 73.9 Å². The highest BCUT2D eigenvalue weighted by atomic mass is 35.5. The Labute approximate surface area is 169 Å². The van der Waals surface area contributed by atoms with Gasteiger partial charge in [0.15, 0.2) is 11.7 Å². The number of benzene rings is 2. The van der Waals surface area contributed by atoms with Crippen molar-refractivity contribution >= 4 is 23.5 Å². The standard InChI is InChI=1S/C21H24ClNO5/c1-14(19(24)23-13-15-5-9-17(26-4)10-6-15)27-20(25)21(2,3)28-18-11-7-16(22)8-12-18/h5-12,14H,13H2,1-4H3,(H,23,24)/t14-/m0/s1. The number of hydrogen-bond donors (Lipinski definition) is 1. The highest BCUT2D eigenvalue weighted by Gasteiger charge is 2.34. The van der Waals surface area contributed by atoms with E-state index in [9.17, 15) is 9.59 Å². The van der Waals surface area contributed by atoms with Crippen LogP contribution in [0.1, 0.15) is 26.3 Å². The molecule has 0 aromatic heterocycles. The Morgan fingerprint density at radius 2 is 1.61 bits per heavy atom. The second-order valence-electron chi connectivity index (χ2n) is 6.68. The number of ether oxygens (including phenoxy) is 3.